The highest BCUT2D eigenvalue weighted by atomic mass is 32.1. The number of benzene rings is 1. The van der Waals surface area contributed by atoms with E-state index in [0.29, 0.717) is 11.3 Å². The Morgan fingerprint density at radius 2 is 2.17 bits per heavy atom. The van der Waals surface area contributed by atoms with Crippen molar-refractivity contribution in [3.05, 3.63) is 41.9 Å². The molecular formula is C18H16N4S. The van der Waals surface area contributed by atoms with Crippen LogP contribution >= 0.6 is 11.3 Å². The molecule has 2 aromatic heterocycles. The van der Waals surface area contributed by atoms with Crippen LogP contribution in [0.3, 0.4) is 0 Å². The summed E-state index contributed by atoms with van der Waals surface area (Å²) in [4.78, 5) is 8.31. The molecule has 1 aliphatic carbocycles. The minimum Gasteiger partial charge on any atom is -0.351 e. The standard InChI is InChI=1S/C18H16N4S/c19-6-13-16-12(11-4-18(5-11)8-21-9-18)2-1-3-15(16)23-17(13)14-7-20-10-22-14/h1-3,7,10-11,21H,4-5,8-9H2,(H,20,22). The second-order valence-corrected chi connectivity index (χ2v) is 7.85. The van der Waals surface area contributed by atoms with Crippen LogP contribution in [0.1, 0.15) is 29.9 Å². The van der Waals surface area contributed by atoms with Crippen LogP contribution in [0.5, 0.6) is 0 Å². The van der Waals surface area contributed by atoms with Crippen molar-refractivity contribution >= 4 is 21.4 Å². The number of H-pyrrole nitrogens is 1. The van der Waals surface area contributed by atoms with Gasteiger partial charge in [-0.05, 0) is 35.8 Å². The number of hydrogen-bond acceptors (Lipinski definition) is 4. The smallest absolute Gasteiger partial charge is 0.101 e. The highest BCUT2D eigenvalue weighted by Crippen LogP contribution is 2.55. The zero-order chi connectivity index (χ0) is 15.4. The van der Waals surface area contributed by atoms with Crippen molar-refractivity contribution in [2.45, 2.75) is 18.8 Å². The van der Waals surface area contributed by atoms with Gasteiger partial charge >= 0.3 is 0 Å². The number of nitrogens with one attached hydrogen (secondary N) is 2. The third-order valence-electron chi connectivity index (χ3n) is 5.39. The maximum Gasteiger partial charge on any atom is 0.101 e. The summed E-state index contributed by atoms with van der Waals surface area (Å²) >= 11 is 1.67. The summed E-state index contributed by atoms with van der Waals surface area (Å²) in [7, 11) is 0. The second kappa shape index (κ2) is 4.67. The van der Waals surface area contributed by atoms with Crippen LogP contribution in [0.15, 0.2) is 30.7 Å². The maximum atomic E-state index is 9.77. The lowest BCUT2D eigenvalue weighted by molar-refractivity contribution is 0.0368. The van der Waals surface area contributed by atoms with Crippen molar-refractivity contribution < 1.29 is 0 Å². The monoisotopic (exact) mass is 320 g/mol. The Kier molecular flexibility index (Phi) is 2.70. The van der Waals surface area contributed by atoms with E-state index in [1.54, 1.807) is 17.7 Å². The lowest BCUT2D eigenvalue weighted by Crippen LogP contribution is -2.59. The summed E-state index contributed by atoms with van der Waals surface area (Å²) in [6.45, 7) is 2.32. The zero-order valence-electron chi connectivity index (χ0n) is 12.6. The van der Waals surface area contributed by atoms with Crippen molar-refractivity contribution in [3.8, 4) is 16.6 Å². The van der Waals surface area contributed by atoms with Gasteiger partial charge in [-0.15, -0.1) is 11.3 Å². The highest BCUT2D eigenvalue weighted by Gasteiger charge is 2.49. The first-order valence-corrected chi connectivity index (χ1v) is 8.77. The summed E-state index contributed by atoms with van der Waals surface area (Å²) in [6.07, 6.45) is 6.03. The summed E-state index contributed by atoms with van der Waals surface area (Å²) in [5.41, 5.74) is 3.55. The molecule has 0 amide bonds. The van der Waals surface area contributed by atoms with Crippen LogP contribution in [0.25, 0.3) is 20.7 Å². The van der Waals surface area contributed by atoms with Gasteiger partial charge in [0.25, 0.3) is 0 Å². The fraction of sp³-hybridized carbons (Fsp3) is 0.333. The summed E-state index contributed by atoms with van der Waals surface area (Å²) in [5.74, 6) is 0.592. The fourth-order valence-electron chi connectivity index (χ4n) is 4.16. The third kappa shape index (κ3) is 1.82. The van der Waals surface area contributed by atoms with Crippen molar-refractivity contribution in [1.29, 1.82) is 5.26 Å². The van der Waals surface area contributed by atoms with Gasteiger partial charge in [-0.3, -0.25) is 0 Å². The number of rotatable bonds is 2. The van der Waals surface area contributed by atoms with Crippen molar-refractivity contribution in [1.82, 2.24) is 15.3 Å². The molecule has 2 fully saturated rings. The number of aromatic nitrogens is 2. The second-order valence-electron chi connectivity index (χ2n) is 6.80. The Hall–Kier alpha value is -2.16. The van der Waals surface area contributed by atoms with Gasteiger partial charge < -0.3 is 10.3 Å². The number of nitriles is 1. The van der Waals surface area contributed by atoms with Gasteiger partial charge in [0.1, 0.15) is 6.07 Å². The van der Waals surface area contributed by atoms with E-state index in [9.17, 15) is 5.26 Å². The number of hydrogen-bond donors (Lipinski definition) is 2. The summed E-state index contributed by atoms with van der Waals surface area (Å²) in [6, 6.07) is 8.92. The largest absolute Gasteiger partial charge is 0.351 e. The van der Waals surface area contributed by atoms with Crippen LogP contribution in [-0.2, 0) is 0 Å². The number of fused-ring (bicyclic) bond motifs is 1. The molecule has 114 valence electrons. The van der Waals surface area contributed by atoms with Crippen molar-refractivity contribution in [2.24, 2.45) is 5.41 Å². The van der Waals surface area contributed by atoms with Gasteiger partial charge in [-0.1, -0.05) is 12.1 Å². The molecule has 0 bridgehead atoms. The Morgan fingerprint density at radius 1 is 1.30 bits per heavy atom. The molecule has 0 atom stereocenters. The van der Waals surface area contributed by atoms with E-state index in [4.69, 9.17) is 0 Å². The molecule has 1 spiro atoms. The number of thiophene rings is 1. The van der Waals surface area contributed by atoms with E-state index < -0.39 is 0 Å². The minimum atomic E-state index is 0.542. The van der Waals surface area contributed by atoms with Crippen LogP contribution in [0.4, 0.5) is 0 Å². The molecule has 1 saturated heterocycles. The van der Waals surface area contributed by atoms with E-state index >= 15 is 0 Å². The molecule has 2 aliphatic rings. The van der Waals surface area contributed by atoms with E-state index in [1.165, 1.54) is 23.1 Å². The highest BCUT2D eigenvalue weighted by molar-refractivity contribution is 7.22. The van der Waals surface area contributed by atoms with E-state index in [1.807, 2.05) is 6.20 Å². The molecule has 1 aromatic carbocycles. The SMILES string of the molecule is N#Cc1c(-c2c[nH]cn2)sc2cccc(C3CC4(CNC4)C3)c12. The Bertz CT molecular complexity index is 920. The van der Waals surface area contributed by atoms with Crippen molar-refractivity contribution in [3.63, 3.8) is 0 Å². The van der Waals surface area contributed by atoms with Crippen LogP contribution < -0.4 is 5.32 Å². The molecule has 5 heteroatoms. The number of nitrogens with zero attached hydrogens (tertiary/aromatic N) is 2. The topological polar surface area (TPSA) is 64.5 Å². The average molecular weight is 320 g/mol. The molecule has 0 radical (unpaired) electrons. The predicted octanol–water partition coefficient (Wildman–Crippen LogP) is 3.63. The van der Waals surface area contributed by atoms with Crippen molar-refractivity contribution in [2.75, 3.05) is 13.1 Å². The van der Waals surface area contributed by atoms with Gasteiger partial charge in [-0.2, -0.15) is 5.26 Å². The molecule has 1 aliphatic heterocycles. The Labute approximate surface area is 138 Å². The minimum absolute atomic E-state index is 0.542. The normalized spacial score (nSPS) is 19.4. The summed E-state index contributed by atoms with van der Waals surface area (Å²) < 4.78 is 1.20. The average Bonchev–Trinajstić information content (AvgIpc) is 3.11. The van der Waals surface area contributed by atoms with Gasteiger partial charge in [0, 0.05) is 29.4 Å². The first kappa shape index (κ1) is 13.3. The molecule has 2 N–H and O–H groups in total. The zero-order valence-corrected chi connectivity index (χ0v) is 13.4. The van der Waals surface area contributed by atoms with Gasteiger partial charge in [0.05, 0.1) is 22.5 Å². The Balaban J connectivity index is 1.65. The Morgan fingerprint density at radius 3 is 2.83 bits per heavy atom. The summed E-state index contributed by atoms with van der Waals surface area (Å²) in [5, 5.41) is 14.3. The molecule has 5 rings (SSSR count). The fourth-order valence-corrected chi connectivity index (χ4v) is 5.31. The molecule has 0 unspecified atom stereocenters. The lowest BCUT2D eigenvalue weighted by Gasteiger charge is -2.54. The molecule has 3 heterocycles. The van der Waals surface area contributed by atoms with E-state index in [2.05, 4.69) is 39.6 Å². The van der Waals surface area contributed by atoms with Gasteiger partial charge in [0.15, 0.2) is 0 Å². The van der Waals surface area contributed by atoms with Crippen LogP contribution in [-0.4, -0.2) is 23.1 Å². The first-order valence-electron chi connectivity index (χ1n) is 7.95. The number of imidazole rings is 1. The van der Waals surface area contributed by atoms with Crippen LogP contribution in [0, 0.1) is 16.7 Å². The molecule has 3 aromatic rings. The molecular weight excluding hydrogens is 304 g/mol. The molecule has 23 heavy (non-hydrogen) atoms. The van der Waals surface area contributed by atoms with Gasteiger partial charge in [0.2, 0.25) is 0 Å². The van der Waals surface area contributed by atoms with Gasteiger partial charge in [-0.25, -0.2) is 4.98 Å². The van der Waals surface area contributed by atoms with Crippen LogP contribution in [0.2, 0.25) is 0 Å². The third-order valence-corrected chi connectivity index (χ3v) is 6.57. The molecule has 4 nitrogen and oxygen atoms in total. The lowest BCUT2D eigenvalue weighted by atomic mass is 9.56. The van der Waals surface area contributed by atoms with E-state index in [-0.39, 0.29) is 0 Å². The van der Waals surface area contributed by atoms with E-state index in [0.717, 1.165) is 34.6 Å². The molecule has 1 saturated carbocycles. The number of aromatic amines is 1. The first-order chi connectivity index (χ1) is 11.3. The quantitative estimate of drug-likeness (QED) is 0.758. The predicted molar refractivity (Wildman–Crippen MR) is 91.4 cm³/mol. The maximum absolute atomic E-state index is 9.77.